The molecule has 0 aliphatic rings. The van der Waals surface area contributed by atoms with Gasteiger partial charge in [0.25, 0.3) is 0 Å². The predicted octanol–water partition coefficient (Wildman–Crippen LogP) is 3.85. The van der Waals surface area contributed by atoms with E-state index in [0.29, 0.717) is 12.4 Å². The monoisotopic (exact) mass is 212 g/mol. The quantitative estimate of drug-likeness (QED) is 0.662. The molecule has 0 aliphatic carbocycles. The number of rotatable bonds is 4. The van der Waals surface area contributed by atoms with Gasteiger partial charge in [-0.3, -0.25) is 4.79 Å². The molecule has 3 heteroatoms. The van der Waals surface area contributed by atoms with Gasteiger partial charge in [-0.05, 0) is 12.7 Å². The summed E-state index contributed by atoms with van der Waals surface area (Å²) in [6, 6.07) is 0. The van der Waals surface area contributed by atoms with Gasteiger partial charge in [0.15, 0.2) is 0 Å². The molecule has 0 heterocycles. The zero-order valence-corrected chi connectivity index (χ0v) is 6.66. The minimum absolute atomic E-state index is 0. The molecule has 0 fully saturated rings. The summed E-state index contributed by atoms with van der Waals surface area (Å²) in [5, 5.41) is 0. The zero-order chi connectivity index (χ0) is 7.11. The van der Waals surface area contributed by atoms with E-state index < -0.39 is 0 Å². The Hall–Kier alpha value is -0.180. The normalized spacial score (nSPS) is 6.31. The largest absolute Gasteiger partial charge is 0.465 e. The highest BCUT2D eigenvalue weighted by molar-refractivity contribution is 7.99. The van der Waals surface area contributed by atoms with Crippen molar-refractivity contribution in [1.82, 2.24) is 0 Å². The van der Waals surface area contributed by atoms with Crippen LogP contribution in [-0.2, 0) is 9.53 Å². The molecule has 0 radical (unpaired) electrons. The van der Waals surface area contributed by atoms with E-state index in [-0.39, 0.29) is 35.7 Å². The molecule has 0 saturated carbocycles. The number of thioether (sulfide) groups is 1. The summed E-state index contributed by atoms with van der Waals surface area (Å²) in [5.74, 6) is 0.365. The Labute approximate surface area is 89.4 Å². The molecule has 0 unspecified atom stereocenters. The molecule has 0 amide bonds. The molecule has 0 aromatic heterocycles. The Balaban J connectivity index is -0.0000000533. The number of hydrogen-bond acceptors (Lipinski definition) is 3. The number of carbonyl (C=O) groups excluding carboxylic acids is 1. The molecule has 0 bridgehead atoms. The Kier molecular flexibility index (Phi) is 51.0. The van der Waals surface area contributed by atoms with Crippen molar-refractivity contribution in [2.24, 2.45) is 0 Å². The second-order valence-corrected chi connectivity index (χ2v) is 2.52. The molecule has 13 heavy (non-hydrogen) atoms. The predicted molar refractivity (Wildman–Crippen MR) is 66.6 cm³/mol. The molecule has 2 nitrogen and oxygen atoms in total. The van der Waals surface area contributed by atoms with E-state index in [9.17, 15) is 4.79 Å². The van der Waals surface area contributed by atoms with E-state index in [1.807, 2.05) is 13.2 Å². The topological polar surface area (TPSA) is 26.3 Å². The number of esters is 1. The maximum Gasteiger partial charge on any atom is 0.315 e. The zero-order valence-electron chi connectivity index (χ0n) is 5.85. The number of hydrogen-bond donors (Lipinski definition) is 0. The van der Waals surface area contributed by atoms with Crippen molar-refractivity contribution in [3.63, 3.8) is 0 Å². The van der Waals surface area contributed by atoms with E-state index >= 15 is 0 Å². The summed E-state index contributed by atoms with van der Waals surface area (Å²) in [6.07, 6.45) is 2.79. The third kappa shape index (κ3) is 24.5. The molecular weight excluding hydrogens is 184 g/mol. The average molecular weight is 212 g/mol. The fourth-order valence-electron chi connectivity index (χ4n) is 0.375. The van der Waals surface area contributed by atoms with Crippen LogP contribution >= 0.6 is 11.8 Å². The lowest BCUT2D eigenvalue weighted by molar-refractivity contribution is -0.140. The van der Waals surface area contributed by atoms with Crippen molar-refractivity contribution in [3.05, 3.63) is 0 Å². The standard InChI is InChI=1S/C6H12O2S.4CH4/c1-3-4-8-6(7)5-9-2;;;;/h3-5H2,1-2H3;4*1H4. The molecule has 0 aliphatic heterocycles. The summed E-state index contributed by atoms with van der Waals surface area (Å²) in [4.78, 5) is 10.6. The van der Waals surface area contributed by atoms with Gasteiger partial charge in [0.2, 0.25) is 0 Å². The second kappa shape index (κ2) is 22.6. The van der Waals surface area contributed by atoms with Crippen LogP contribution in [0.25, 0.3) is 0 Å². The highest BCUT2D eigenvalue weighted by Crippen LogP contribution is 1.93. The molecule has 0 aromatic rings. The van der Waals surface area contributed by atoms with Gasteiger partial charge in [-0.1, -0.05) is 36.6 Å². The first-order chi connectivity index (χ1) is 4.31. The maximum absolute atomic E-state index is 10.6. The van der Waals surface area contributed by atoms with E-state index in [1.165, 1.54) is 11.8 Å². The van der Waals surface area contributed by atoms with Crippen LogP contribution in [0, 0.1) is 0 Å². The third-order valence-electron chi connectivity index (χ3n) is 0.729. The van der Waals surface area contributed by atoms with Gasteiger partial charge >= 0.3 is 5.97 Å². The van der Waals surface area contributed by atoms with Gasteiger partial charge < -0.3 is 4.74 Å². The third-order valence-corrected chi connectivity index (χ3v) is 1.25. The van der Waals surface area contributed by atoms with Crippen molar-refractivity contribution < 1.29 is 9.53 Å². The van der Waals surface area contributed by atoms with Crippen molar-refractivity contribution in [2.45, 2.75) is 43.1 Å². The summed E-state index contributed by atoms with van der Waals surface area (Å²) in [7, 11) is 0. The minimum Gasteiger partial charge on any atom is -0.465 e. The first kappa shape index (κ1) is 29.3. The SMILES string of the molecule is C.C.C.C.CCCOC(=O)CSC. The van der Waals surface area contributed by atoms with Gasteiger partial charge in [0.05, 0.1) is 12.4 Å². The Morgan fingerprint density at radius 3 is 2.00 bits per heavy atom. The molecule has 0 saturated heterocycles. The Bertz CT molecular complexity index is 85.0. The molecule has 0 atom stereocenters. The van der Waals surface area contributed by atoms with Crippen molar-refractivity contribution in [1.29, 1.82) is 0 Å². The fraction of sp³-hybridized carbons (Fsp3) is 0.900. The molecular formula is C10H28O2S. The number of carbonyl (C=O) groups is 1. The van der Waals surface area contributed by atoms with E-state index in [4.69, 9.17) is 4.74 Å². The van der Waals surface area contributed by atoms with Crippen LogP contribution < -0.4 is 0 Å². The fourth-order valence-corrected chi connectivity index (χ4v) is 0.694. The summed E-state index contributed by atoms with van der Waals surface area (Å²) >= 11 is 1.49. The van der Waals surface area contributed by atoms with E-state index in [0.717, 1.165) is 6.42 Å². The van der Waals surface area contributed by atoms with Crippen molar-refractivity contribution in [3.8, 4) is 0 Å². The Morgan fingerprint density at radius 2 is 1.69 bits per heavy atom. The maximum atomic E-state index is 10.6. The van der Waals surface area contributed by atoms with Crippen LogP contribution in [0.2, 0.25) is 0 Å². The van der Waals surface area contributed by atoms with Crippen LogP contribution in [0.15, 0.2) is 0 Å². The molecule has 0 rings (SSSR count). The van der Waals surface area contributed by atoms with Gasteiger partial charge in [-0.25, -0.2) is 0 Å². The van der Waals surface area contributed by atoms with Crippen molar-refractivity contribution in [2.75, 3.05) is 18.6 Å². The van der Waals surface area contributed by atoms with E-state index in [2.05, 4.69) is 0 Å². The van der Waals surface area contributed by atoms with Crippen LogP contribution in [0.3, 0.4) is 0 Å². The van der Waals surface area contributed by atoms with Gasteiger partial charge in [0, 0.05) is 0 Å². The first-order valence-electron chi connectivity index (χ1n) is 2.95. The van der Waals surface area contributed by atoms with Crippen LogP contribution in [-0.4, -0.2) is 24.6 Å². The summed E-state index contributed by atoms with van der Waals surface area (Å²) in [5.41, 5.74) is 0. The van der Waals surface area contributed by atoms with Crippen molar-refractivity contribution >= 4 is 17.7 Å². The average Bonchev–Trinajstić information content (AvgIpc) is 1.85. The first-order valence-corrected chi connectivity index (χ1v) is 4.35. The molecule has 0 aromatic carbocycles. The van der Waals surface area contributed by atoms with Crippen LogP contribution in [0.1, 0.15) is 43.1 Å². The smallest absolute Gasteiger partial charge is 0.315 e. The lowest BCUT2D eigenvalue weighted by Gasteiger charge is -1.98. The van der Waals surface area contributed by atoms with E-state index in [1.54, 1.807) is 0 Å². The second-order valence-electron chi connectivity index (χ2n) is 1.65. The molecule has 86 valence electrons. The molecule has 0 N–H and O–H groups in total. The summed E-state index contributed by atoms with van der Waals surface area (Å²) < 4.78 is 4.77. The van der Waals surface area contributed by atoms with Gasteiger partial charge in [-0.15, -0.1) is 0 Å². The number of ether oxygens (including phenoxy) is 1. The highest BCUT2D eigenvalue weighted by Gasteiger charge is 1.97. The molecule has 0 spiro atoms. The van der Waals surface area contributed by atoms with Gasteiger partial charge in [-0.2, -0.15) is 11.8 Å². The van der Waals surface area contributed by atoms with Crippen LogP contribution in [0.4, 0.5) is 0 Å². The van der Waals surface area contributed by atoms with Gasteiger partial charge in [0.1, 0.15) is 0 Å². The Morgan fingerprint density at radius 1 is 1.23 bits per heavy atom. The summed E-state index contributed by atoms with van der Waals surface area (Å²) in [6.45, 7) is 2.53. The van der Waals surface area contributed by atoms with Crippen LogP contribution in [0.5, 0.6) is 0 Å². The highest BCUT2D eigenvalue weighted by atomic mass is 32.2. The lowest BCUT2D eigenvalue weighted by Crippen LogP contribution is -2.07. The minimum atomic E-state index is -0.107. The lowest BCUT2D eigenvalue weighted by atomic mass is 10.5.